The van der Waals surface area contributed by atoms with Crippen molar-refractivity contribution in [1.29, 1.82) is 0 Å². The highest BCUT2D eigenvalue weighted by atomic mass is 19.4. The zero-order chi connectivity index (χ0) is 15.5. The predicted molar refractivity (Wildman–Crippen MR) is 71.3 cm³/mol. The van der Waals surface area contributed by atoms with Gasteiger partial charge in [0.2, 0.25) is 0 Å². The molecule has 0 bridgehead atoms. The van der Waals surface area contributed by atoms with E-state index in [2.05, 4.69) is 10.3 Å². The Morgan fingerprint density at radius 1 is 1.24 bits per heavy atom. The van der Waals surface area contributed by atoms with E-state index in [1.807, 2.05) is 0 Å². The van der Waals surface area contributed by atoms with Crippen LogP contribution in [0.15, 0.2) is 42.6 Å². The van der Waals surface area contributed by atoms with E-state index in [0.717, 1.165) is 6.07 Å². The molecule has 7 heteroatoms. The lowest BCUT2D eigenvalue weighted by Crippen LogP contribution is -2.24. The van der Waals surface area contributed by atoms with Gasteiger partial charge in [0.1, 0.15) is 5.82 Å². The maximum atomic E-state index is 12.8. The second-order valence-electron chi connectivity index (χ2n) is 4.31. The monoisotopic (exact) mass is 295 g/mol. The summed E-state index contributed by atoms with van der Waals surface area (Å²) in [5.74, 6) is -0.348. The van der Waals surface area contributed by atoms with Crippen LogP contribution in [0.3, 0.4) is 0 Å². The number of nitrogens with two attached hydrogens (primary N) is 1. The van der Waals surface area contributed by atoms with E-state index in [0.29, 0.717) is 0 Å². The number of alkyl halides is 3. The first kappa shape index (κ1) is 14.8. The van der Waals surface area contributed by atoms with Gasteiger partial charge < -0.3 is 11.1 Å². The molecule has 2 aromatic rings. The Labute approximate surface area is 118 Å². The molecular formula is C14H12F3N3O. The Morgan fingerprint density at radius 2 is 1.95 bits per heavy atom. The number of nitrogens with one attached hydrogen (secondary N) is 1. The molecule has 0 saturated carbocycles. The van der Waals surface area contributed by atoms with Gasteiger partial charge in [-0.15, -0.1) is 0 Å². The molecule has 0 fully saturated rings. The van der Waals surface area contributed by atoms with Crippen LogP contribution in [0.25, 0.3) is 0 Å². The molecule has 0 aliphatic rings. The van der Waals surface area contributed by atoms with Crippen LogP contribution in [0.4, 0.5) is 19.0 Å². The molecule has 1 aromatic carbocycles. The fourth-order valence-corrected chi connectivity index (χ4v) is 1.82. The number of carbonyl (C=O) groups is 1. The van der Waals surface area contributed by atoms with Gasteiger partial charge in [0.05, 0.1) is 5.56 Å². The molecule has 1 aromatic heterocycles. The van der Waals surface area contributed by atoms with Crippen LogP contribution in [0.1, 0.15) is 21.5 Å². The number of pyridine rings is 1. The van der Waals surface area contributed by atoms with Crippen LogP contribution in [0.2, 0.25) is 0 Å². The second kappa shape index (κ2) is 5.82. The SMILES string of the molecule is Nc1cc(C(=O)NCc2ccccc2C(F)(F)F)ccn1. The van der Waals surface area contributed by atoms with Gasteiger partial charge in [0.25, 0.3) is 5.91 Å². The summed E-state index contributed by atoms with van der Waals surface area (Å²) in [4.78, 5) is 15.6. The highest BCUT2D eigenvalue weighted by molar-refractivity contribution is 5.94. The zero-order valence-electron chi connectivity index (χ0n) is 10.8. The van der Waals surface area contributed by atoms with Crippen LogP contribution in [-0.2, 0) is 12.7 Å². The smallest absolute Gasteiger partial charge is 0.384 e. The van der Waals surface area contributed by atoms with Crippen molar-refractivity contribution in [2.45, 2.75) is 12.7 Å². The third-order valence-corrected chi connectivity index (χ3v) is 2.81. The van der Waals surface area contributed by atoms with Crippen LogP contribution in [0, 0.1) is 0 Å². The maximum Gasteiger partial charge on any atom is 0.416 e. The molecule has 1 heterocycles. The number of hydrogen-bond acceptors (Lipinski definition) is 3. The lowest BCUT2D eigenvalue weighted by Gasteiger charge is -2.13. The van der Waals surface area contributed by atoms with Crippen molar-refractivity contribution in [3.05, 3.63) is 59.3 Å². The average Bonchev–Trinajstić information content (AvgIpc) is 2.44. The molecule has 0 aliphatic carbocycles. The van der Waals surface area contributed by atoms with Crippen molar-refractivity contribution in [2.75, 3.05) is 5.73 Å². The van der Waals surface area contributed by atoms with Gasteiger partial charge in [0.15, 0.2) is 0 Å². The van der Waals surface area contributed by atoms with Crippen molar-refractivity contribution in [1.82, 2.24) is 10.3 Å². The third-order valence-electron chi connectivity index (χ3n) is 2.81. The van der Waals surface area contributed by atoms with Crippen molar-refractivity contribution >= 4 is 11.7 Å². The Morgan fingerprint density at radius 3 is 2.62 bits per heavy atom. The number of benzene rings is 1. The highest BCUT2D eigenvalue weighted by Crippen LogP contribution is 2.31. The van der Waals surface area contributed by atoms with Crippen molar-refractivity contribution in [3.63, 3.8) is 0 Å². The normalized spacial score (nSPS) is 11.2. The van der Waals surface area contributed by atoms with Gasteiger partial charge in [-0.1, -0.05) is 18.2 Å². The maximum absolute atomic E-state index is 12.8. The molecule has 21 heavy (non-hydrogen) atoms. The number of anilines is 1. The standard InChI is InChI=1S/C14H12F3N3O/c15-14(16,17)11-4-2-1-3-10(11)8-20-13(21)9-5-6-19-12(18)7-9/h1-7H,8H2,(H2,18,19)(H,20,21). The number of carbonyl (C=O) groups excluding carboxylic acids is 1. The van der Waals surface area contributed by atoms with E-state index in [-0.39, 0.29) is 23.5 Å². The number of aromatic nitrogens is 1. The van der Waals surface area contributed by atoms with Gasteiger partial charge in [-0.2, -0.15) is 13.2 Å². The number of rotatable bonds is 3. The third kappa shape index (κ3) is 3.71. The molecule has 0 saturated heterocycles. The number of halogens is 3. The largest absolute Gasteiger partial charge is 0.416 e. The summed E-state index contributed by atoms with van der Waals surface area (Å²) >= 11 is 0. The van der Waals surface area contributed by atoms with Gasteiger partial charge >= 0.3 is 6.18 Å². The summed E-state index contributed by atoms with van der Waals surface area (Å²) in [6.45, 7) is -0.225. The molecular weight excluding hydrogens is 283 g/mol. The first-order valence-corrected chi connectivity index (χ1v) is 6.03. The lowest BCUT2D eigenvalue weighted by molar-refractivity contribution is -0.138. The second-order valence-corrected chi connectivity index (χ2v) is 4.31. The Bertz CT molecular complexity index is 656. The summed E-state index contributed by atoms with van der Waals surface area (Å²) in [5, 5.41) is 2.43. The van der Waals surface area contributed by atoms with Crippen LogP contribution >= 0.6 is 0 Å². The van der Waals surface area contributed by atoms with Crippen molar-refractivity contribution in [2.24, 2.45) is 0 Å². The molecule has 1 amide bonds. The minimum atomic E-state index is -4.46. The fourth-order valence-electron chi connectivity index (χ4n) is 1.82. The number of nitrogen functional groups attached to an aromatic ring is 1. The number of hydrogen-bond donors (Lipinski definition) is 2. The topological polar surface area (TPSA) is 68.0 Å². The van der Waals surface area contributed by atoms with E-state index >= 15 is 0 Å². The van der Waals surface area contributed by atoms with Gasteiger partial charge in [-0.3, -0.25) is 4.79 Å². The summed E-state index contributed by atoms with van der Waals surface area (Å²) < 4.78 is 38.4. The van der Waals surface area contributed by atoms with Gasteiger partial charge in [-0.05, 0) is 23.8 Å². The van der Waals surface area contributed by atoms with Gasteiger partial charge in [-0.25, -0.2) is 4.98 Å². The molecule has 0 aliphatic heterocycles. The number of nitrogens with zero attached hydrogens (tertiary/aromatic N) is 1. The summed E-state index contributed by atoms with van der Waals surface area (Å²) in [6, 6.07) is 7.88. The van der Waals surface area contributed by atoms with Crippen LogP contribution in [-0.4, -0.2) is 10.9 Å². The molecule has 4 nitrogen and oxygen atoms in total. The molecule has 0 unspecified atom stereocenters. The van der Waals surface area contributed by atoms with E-state index < -0.39 is 17.6 Å². The quantitative estimate of drug-likeness (QED) is 0.914. The van der Waals surface area contributed by atoms with Crippen LogP contribution in [0.5, 0.6) is 0 Å². The van der Waals surface area contributed by atoms with E-state index in [9.17, 15) is 18.0 Å². The van der Waals surface area contributed by atoms with Crippen molar-refractivity contribution in [3.8, 4) is 0 Å². The Kier molecular flexibility index (Phi) is 4.11. The van der Waals surface area contributed by atoms with E-state index in [1.165, 1.54) is 36.5 Å². The molecule has 0 radical (unpaired) electrons. The molecule has 110 valence electrons. The summed E-state index contributed by atoms with van der Waals surface area (Å²) in [5.41, 5.74) is 4.92. The van der Waals surface area contributed by atoms with Gasteiger partial charge in [0, 0.05) is 18.3 Å². The van der Waals surface area contributed by atoms with E-state index in [1.54, 1.807) is 0 Å². The molecule has 0 atom stereocenters. The molecule has 0 spiro atoms. The first-order valence-electron chi connectivity index (χ1n) is 6.03. The Hall–Kier alpha value is -2.57. The molecule has 3 N–H and O–H groups in total. The minimum Gasteiger partial charge on any atom is -0.384 e. The van der Waals surface area contributed by atoms with Crippen LogP contribution < -0.4 is 11.1 Å². The highest BCUT2D eigenvalue weighted by Gasteiger charge is 2.32. The average molecular weight is 295 g/mol. The summed E-state index contributed by atoms with van der Waals surface area (Å²) in [7, 11) is 0. The zero-order valence-corrected chi connectivity index (χ0v) is 10.8. The first-order chi connectivity index (χ1) is 9.88. The minimum absolute atomic E-state index is 0.000350. The summed E-state index contributed by atoms with van der Waals surface area (Å²) in [6.07, 6.45) is -3.10. The Balaban J connectivity index is 2.12. The predicted octanol–water partition coefficient (Wildman–Crippen LogP) is 2.61. The number of amides is 1. The molecule has 2 rings (SSSR count). The lowest BCUT2D eigenvalue weighted by atomic mass is 10.1. The van der Waals surface area contributed by atoms with Crippen molar-refractivity contribution < 1.29 is 18.0 Å². The van der Waals surface area contributed by atoms with E-state index in [4.69, 9.17) is 5.73 Å². The fraction of sp³-hybridized carbons (Fsp3) is 0.143.